The summed E-state index contributed by atoms with van der Waals surface area (Å²) in [6.07, 6.45) is 4.32. The zero-order chi connectivity index (χ0) is 17.7. The van der Waals surface area contributed by atoms with Gasteiger partial charge in [0.05, 0.1) is 0 Å². The van der Waals surface area contributed by atoms with Crippen molar-refractivity contribution in [2.75, 3.05) is 0 Å². The van der Waals surface area contributed by atoms with E-state index in [9.17, 15) is 9.59 Å². The zero-order valence-electron chi connectivity index (χ0n) is 14.4. The number of hydrogen-bond acceptors (Lipinski definition) is 2. The van der Waals surface area contributed by atoms with Crippen LogP contribution in [0.1, 0.15) is 36.8 Å². The molecule has 25 heavy (non-hydrogen) atoms. The minimum atomic E-state index is 0.0115. The van der Waals surface area contributed by atoms with Crippen LogP contribution in [0.4, 0.5) is 0 Å². The Morgan fingerprint density at radius 3 is 1.84 bits per heavy atom. The Labute approximate surface area is 149 Å². The zero-order valence-corrected chi connectivity index (χ0v) is 14.4. The third-order valence-electron chi connectivity index (χ3n) is 3.81. The average molecular weight is 337 g/mol. The van der Waals surface area contributed by atoms with E-state index in [0.717, 1.165) is 24.0 Å². The monoisotopic (exact) mass is 337 g/mol. The number of benzene rings is 2. The van der Waals surface area contributed by atoms with Gasteiger partial charge in [0.2, 0.25) is 11.8 Å². The lowest BCUT2D eigenvalue weighted by molar-refractivity contribution is -0.121. The van der Waals surface area contributed by atoms with Crippen molar-refractivity contribution in [3.63, 3.8) is 0 Å². The second-order valence-electron chi connectivity index (χ2n) is 5.91. The summed E-state index contributed by atoms with van der Waals surface area (Å²) < 4.78 is 0. The lowest BCUT2D eigenvalue weighted by Gasteiger charge is -2.06. The van der Waals surface area contributed by atoms with E-state index in [1.54, 1.807) is 0 Å². The normalized spacial score (nSPS) is 10.2. The Kier molecular flexibility index (Phi) is 8.25. The Bertz CT molecular complexity index is 584. The van der Waals surface area contributed by atoms with E-state index < -0.39 is 0 Å². The first-order valence-corrected chi connectivity index (χ1v) is 8.67. The summed E-state index contributed by atoms with van der Waals surface area (Å²) in [6, 6.07) is 19.7. The second kappa shape index (κ2) is 11.0. The van der Waals surface area contributed by atoms with Crippen LogP contribution >= 0.6 is 0 Å². The van der Waals surface area contributed by atoms with E-state index in [1.807, 2.05) is 67.1 Å². The van der Waals surface area contributed by atoms with Gasteiger partial charge in [-0.05, 0) is 30.4 Å². The van der Waals surface area contributed by atoms with Gasteiger partial charge in [0.1, 0.15) is 0 Å². The van der Waals surface area contributed by atoms with Crippen LogP contribution in [-0.4, -0.2) is 11.8 Å². The highest BCUT2D eigenvalue weighted by Crippen LogP contribution is 2.04. The molecule has 0 saturated carbocycles. The van der Waals surface area contributed by atoms with Gasteiger partial charge in [0, 0.05) is 25.9 Å². The number of nitrogens with one attached hydrogen (secondary N) is 2. The van der Waals surface area contributed by atoms with Gasteiger partial charge >= 0.3 is 0 Å². The molecule has 2 rings (SSSR count). The summed E-state index contributed by atoms with van der Waals surface area (Å²) in [7, 11) is 0. The van der Waals surface area contributed by atoms with E-state index >= 15 is 0 Å². The number of amides is 2. The van der Waals surface area contributed by atoms with Crippen molar-refractivity contribution < 1.29 is 9.59 Å². The minimum absolute atomic E-state index is 0.0115. The van der Waals surface area contributed by atoms with Crippen molar-refractivity contribution in [3.8, 4) is 0 Å². The van der Waals surface area contributed by atoms with Crippen LogP contribution in [-0.2, 0) is 22.7 Å². The van der Waals surface area contributed by atoms with Crippen LogP contribution in [0.3, 0.4) is 0 Å². The Balaban J connectivity index is 1.48. The van der Waals surface area contributed by atoms with Crippen LogP contribution in [0, 0.1) is 6.42 Å². The third kappa shape index (κ3) is 8.15. The molecule has 4 nitrogen and oxygen atoms in total. The Morgan fingerprint density at radius 2 is 1.28 bits per heavy atom. The van der Waals surface area contributed by atoms with E-state index in [0.29, 0.717) is 25.9 Å². The molecule has 1 radical (unpaired) electrons. The van der Waals surface area contributed by atoms with Gasteiger partial charge in [-0.1, -0.05) is 60.7 Å². The molecular weight excluding hydrogens is 312 g/mol. The molecule has 0 unspecified atom stereocenters. The van der Waals surface area contributed by atoms with E-state index in [2.05, 4.69) is 10.6 Å². The van der Waals surface area contributed by atoms with Crippen molar-refractivity contribution >= 4 is 11.8 Å². The first kappa shape index (κ1) is 18.7. The second-order valence-corrected chi connectivity index (χ2v) is 5.91. The molecule has 2 amide bonds. The number of carbonyl (C=O) groups excluding carboxylic acids is 2. The molecule has 2 aromatic rings. The molecular formula is C21H25N2O2. The average Bonchev–Trinajstić information content (AvgIpc) is 2.66. The van der Waals surface area contributed by atoms with Gasteiger partial charge in [-0.3, -0.25) is 9.59 Å². The van der Waals surface area contributed by atoms with Gasteiger partial charge in [0.15, 0.2) is 0 Å². The van der Waals surface area contributed by atoms with Crippen molar-refractivity contribution in [1.29, 1.82) is 0 Å². The predicted molar refractivity (Wildman–Crippen MR) is 99.3 cm³/mol. The largest absolute Gasteiger partial charge is 0.352 e. The summed E-state index contributed by atoms with van der Waals surface area (Å²) in [5.74, 6) is 0.0585. The third-order valence-corrected chi connectivity index (χ3v) is 3.81. The number of carbonyl (C=O) groups is 2. The van der Waals surface area contributed by atoms with Gasteiger partial charge in [-0.15, -0.1) is 0 Å². The first-order valence-electron chi connectivity index (χ1n) is 8.67. The summed E-state index contributed by atoms with van der Waals surface area (Å²) in [4.78, 5) is 23.5. The maximum Gasteiger partial charge on any atom is 0.220 e. The van der Waals surface area contributed by atoms with Crippen LogP contribution < -0.4 is 10.6 Å². The lowest BCUT2D eigenvalue weighted by Crippen LogP contribution is -2.23. The smallest absolute Gasteiger partial charge is 0.220 e. The highest BCUT2D eigenvalue weighted by molar-refractivity contribution is 5.77. The fraction of sp³-hybridized carbons (Fsp3) is 0.286. The molecule has 0 saturated heterocycles. The number of hydrogen-bond donors (Lipinski definition) is 2. The molecule has 0 atom stereocenters. The molecule has 0 aliphatic heterocycles. The standard InChI is InChI=1S/C21H25N2O2/c24-20(22-16-18-10-4-1-5-11-18)14-8-3-9-15-21(25)23-17-19-12-6-2-7-13-19/h1-2,4-8,10-13H,3,9,14-17H2,(H,22,24)(H,23,25). The number of unbranched alkanes of at least 4 members (excludes halogenated alkanes) is 2. The van der Waals surface area contributed by atoms with Gasteiger partial charge in [-0.25, -0.2) is 0 Å². The van der Waals surface area contributed by atoms with Crippen molar-refractivity contribution in [3.05, 3.63) is 78.2 Å². The quantitative estimate of drug-likeness (QED) is 0.653. The fourth-order valence-electron chi connectivity index (χ4n) is 2.39. The van der Waals surface area contributed by atoms with Crippen LogP contribution in [0.25, 0.3) is 0 Å². The maximum atomic E-state index is 11.8. The van der Waals surface area contributed by atoms with Crippen molar-refractivity contribution in [2.24, 2.45) is 0 Å². The highest BCUT2D eigenvalue weighted by Gasteiger charge is 2.04. The van der Waals surface area contributed by atoms with Crippen molar-refractivity contribution in [1.82, 2.24) is 10.6 Å². The van der Waals surface area contributed by atoms with E-state index in [4.69, 9.17) is 0 Å². The predicted octanol–water partition coefficient (Wildman–Crippen LogP) is 3.38. The molecule has 131 valence electrons. The molecule has 2 N–H and O–H groups in total. The first-order chi connectivity index (χ1) is 12.2. The van der Waals surface area contributed by atoms with Gasteiger partial charge in [0.25, 0.3) is 0 Å². The van der Waals surface area contributed by atoms with E-state index in [1.165, 1.54) is 0 Å². The minimum Gasteiger partial charge on any atom is -0.352 e. The Morgan fingerprint density at radius 1 is 0.760 bits per heavy atom. The molecule has 0 fully saturated rings. The SMILES string of the molecule is O=C(C[CH]CCCC(=O)NCc1ccccc1)NCc1ccccc1. The topological polar surface area (TPSA) is 58.2 Å². The summed E-state index contributed by atoms with van der Waals surface area (Å²) >= 11 is 0. The summed E-state index contributed by atoms with van der Waals surface area (Å²) in [5.41, 5.74) is 2.18. The van der Waals surface area contributed by atoms with Crippen LogP contribution in [0.5, 0.6) is 0 Å². The molecule has 4 heteroatoms. The summed E-state index contributed by atoms with van der Waals surface area (Å²) in [5, 5.41) is 5.79. The van der Waals surface area contributed by atoms with Gasteiger partial charge < -0.3 is 10.6 Å². The van der Waals surface area contributed by atoms with E-state index in [-0.39, 0.29) is 11.8 Å². The molecule has 0 aliphatic rings. The molecule has 0 aromatic heterocycles. The lowest BCUT2D eigenvalue weighted by atomic mass is 10.1. The molecule has 0 spiro atoms. The molecule has 0 aliphatic carbocycles. The highest BCUT2D eigenvalue weighted by atomic mass is 16.2. The molecule has 0 bridgehead atoms. The van der Waals surface area contributed by atoms with Crippen LogP contribution in [0.2, 0.25) is 0 Å². The summed E-state index contributed by atoms with van der Waals surface area (Å²) in [6.45, 7) is 1.11. The maximum absolute atomic E-state index is 11.8. The molecule has 0 heterocycles. The van der Waals surface area contributed by atoms with Crippen LogP contribution in [0.15, 0.2) is 60.7 Å². The van der Waals surface area contributed by atoms with Crippen molar-refractivity contribution in [2.45, 2.75) is 38.8 Å². The Hall–Kier alpha value is -2.62. The van der Waals surface area contributed by atoms with Gasteiger partial charge in [-0.2, -0.15) is 0 Å². The fourth-order valence-corrected chi connectivity index (χ4v) is 2.39. The number of rotatable bonds is 10. The molecule has 2 aromatic carbocycles.